The Morgan fingerprint density at radius 1 is 1.50 bits per heavy atom. The maximum absolute atomic E-state index is 10.8. The molecular formula is C10H13N3O2S. The van der Waals surface area contributed by atoms with E-state index in [0.29, 0.717) is 11.7 Å². The number of anilines is 1. The molecule has 1 aliphatic heterocycles. The smallest absolute Gasteiger partial charge is 0.375 e. The predicted molar refractivity (Wildman–Crippen MR) is 64.9 cm³/mol. The lowest BCUT2D eigenvalue weighted by atomic mass is 10.1. The molecule has 0 unspecified atom stereocenters. The number of nitrogens with zero attached hydrogens (tertiary/aromatic N) is 2. The van der Waals surface area contributed by atoms with Crippen LogP contribution in [0.5, 0.6) is 0 Å². The van der Waals surface area contributed by atoms with Crippen LogP contribution in [0.3, 0.4) is 0 Å². The second-order valence-corrected chi connectivity index (χ2v) is 4.89. The van der Waals surface area contributed by atoms with Crippen molar-refractivity contribution in [2.45, 2.75) is 18.9 Å². The minimum absolute atomic E-state index is 0.0827. The van der Waals surface area contributed by atoms with Gasteiger partial charge in [0.05, 0.1) is 0 Å². The Bertz CT molecular complexity index is 380. The van der Waals surface area contributed by atoms with Gasteiger partial charge in [-0.15, -0.1) is 0 Å². The number of hydrogen-bond acceptors (Lipinski definition) is 5. The lowest BCUT2D eigenvalue weighted by Gasteiger charge is -2.23. The second-order valence-electron chi connectivity index (χ2n) is 3.66. The standard InChI is InChI=1S/C10H13N3O2S/c14-13(15)10-9(2-1-5-11-10)12-8-3-6-16-7-4-8/h1-2,5,8,12H,3-4,6-7H2. The minimum Gasteiger partial charge on any atom is -0.375 e. The summed E-state index contributed by atoms with van der Waals surface area (Å²) in [6.45, 7) is 0. The first-order valence-electron chi connectivity index (χ1n) is 5.21. The molecule has 1 aliphatic rings. The maximum atomic E-state index is 10.8. The summed E-state index contributed by atoms with van der Waals surface area (Å²) in [6, 6.07) is 3.77. The van der Waals surface area contributed by atoms with E-state index in [4.69, 9.17) is 0 Å². The van der Waals surface area contributed by atoms with Crippen LogP contribution >= 0.6 is 11.8 Å². The van der Waals surface area contributed by atoms with E-state index in [-0.39, 0.29) is 5.82 Å². The molecule has 5 nitrogen and oxygen atoms in total. The van der Waals surface area contributed by atoms with Crippen molar-refractivity contribution in [3.05, 3.63) is 28.4 Å². The molecule has 0 saturated carbocycles. The third kappa shape index (κ3) is 2.63. The highest BCUT2D eigenvalue weighted by atomic mass is 32.2. The first-order chi connectivity index (χ1) is 7.77. The van der Waals surface area contributed by atoms with Gasteiger partial charge in [0, 0.05) is 6.04 Å². The Morgan fingerprint density at radius 2 is 2.25 bits per heavy atom. The molecule has 0 spiro atoms. The van der Waals surface area contributed by atoms with Crippen molar-refractivity contribution in [2.75, 3.05) is 16.8 Å². The molecule has 1 fully saturated rings. The highest BCUT2D eigenvalue weighted by Crippen LogP contribution is 2.25. The number of nitro groups is 1. The van der Waals surface area contributed by atoms with Crippen molar-refractivity contribution in [3.8, 4) is 0 Å². The van der Waals surface area contributed by atoms with E-state index in [2.05, 4.69) is 10.3 Å². The molecule has 0 bridgehead atoms. The largest absolute Gasteiger partial charge is 0.386 e. The number of rotatable bonds is 3. The quantitative estimate of drug-likeness (QED) is 0.647. The fourth-order valence-corrected chi connectivity index (χ4v) is 2.82. The summed E-state index contributed by atoms with van der Waals surface area (Å²) < 4.78 is 0. The summed E-state index contributed by atoms with van der Waals surface area (Å²) >= 11 is 1.93. The molecule has 0 radical (unpaired) electrons. The van der Waals surface area contributed by atoms with Gasteiger partial charge >= 0.3 is 5.82 Å². The van der Waals surface area contributed by atoms with Gasteiger partial charge in [-0.1, -0.05) is 0 Å². The molecule has 1 aromatic rings. The van der Waals surface area contributed by atoms with Gasteiger partial charge in [-0.25, -0.2) is 0 Å². The fourth-order valence-electron chi connectivity index (χ4n) is 1.72. The monoisotopic (exact) mass is 239 g/mol. The molecule has 2 heterocycles. The lowest BCUT2D eigenvalue weighted by molar-refractivity contribution is -0.388. The first-order valence-corrected chi connectivity index (χ1v) is 6.36. The van der Waals surface area contributed by atoms with E-state index < -0.39 is 4.92 Å². The Hall–Kier alpha value is -1.30. The van der Waals surface area contributed by atoms with Crippen LogP contribution in [-0.4, -0.2) is 27.5 Å². The van der Waals surface area contributed by atoms with Crippen molar-refractivity contribution in [1.82, 2.24) is 4.98 Å². The Morgan fingerprint density at radius 3 is 2.94 bits per heavy atom. The summed E-state index contributed by atoms with van der Waals surface area (Å²) in [7, 11) is 0. The molecule has 0 aromatic carbocycles. The molecule has 2 rings (SSSR count). The van der Waals surface area contributed by atoms with Crippen molar-refractivity contribution >= 4 is 23.3 Å². The van der Waals surface area contributed by atoms with E-state index in [1.807, 2.05) is 11.8 Å². The van der Waals surface area contributed by atoms with Gasteiger partial charge in [0.15, 0.2) is 0 Å². The van der Waals surface area contributed by atoms with Crippen LogP contribution in [0.25, 0.3) is 0 Å². The van der Waals surface area contributed by atoms with Crippen LogP contribution in [0.1, 0.15) is 12.8 Å². The maximum Gasteiger partial charge on any atom is 0.386 e. The van der Waals surface area contributed by atoms with E-state index in [0.717, 1.165) is 24.3 Å². The number of thioether (sulfide) groups is 1. The zero-order valence-corrected chi connectivity index (χ0v) is 9.57. The summed E-state index contributed by atoms with van der Waals surface area (Å²) in [6.07, 6.45) is 3.55. The van der Waals surface area contributed by atoms with Gasteiger partial charge in [-0.3, -0.25) is 0 Å². The molecule has 0 atom stereocenters. The Balaban J connectivity index is 2.10. The second kappa shape index (κ2) is 5.16. The van der Waals surface area contributed by atoms with Gasteiger partial charge in [-0.05, 0) is 46.4 Å². The number of pyridine rings is 1. The SMILES string of the molecule is O=[N+]([O-])c1ncccc1NC1CCSCC1. The fraction of sp³-hybridized carbons (Fsp3) is 0.500. The van der Waals surface area contributed by atoms with E-state index in [1.165, 1.54) is 6.20 Å². The van der Waals surface area contributed by atoms with Gasteiger partial charge in [-0.2, -0.15) is 11.8 Å². The third-order valence-electron chi connectivity index (χ3n) is 2.54. The van der Waals surface area contributed by atoms with Crippen LogP contribution in [-0.2, 0) is 0 Å². The van der Waals surface area contributed by atoms with Crippen LogP contribution in [0.2, 0.25) is 0 Å². The summed E-state index contributed by atoms with van der Waals surface area (Å²) in [5.74, 6) is 2.15. The van der Waals surface area contributed by atoms with Crippen LogP contribution in [0.15, 0.2) is 18.3 Å². The van der Waals surface area contributed by atoms with Gasteiger partial charge in [0.2, 0.25) is 0 Å². The summed E-state index contributed by atoms with van der Waals surface area (Å²) in [4.78, 5) is 14.1. The zero-order chi connectivity index (χ0) is 11.4. The van der Waals surface area contributed by atoms with Crippen molar-refractivity contribution < 1.29 is 4.92 Å². The average Bonchev–Trinajstić information content (AvgIpc) is 2.31. The van der Waals surface area contributed by atoms with Crippen molar-refractivity contribution in [2.24, 2.45) is 0 Å². The zero-order valence-electron chi connectivity index (χ0n) is 8.76. The van der Waals surface area contributed by atoms with Crippen LogP contribution in [0.4, 0.5) is 11.5 Å². The first kappa shape index (κ1) is 11.2. The molecule has 0 amide bonds. The predicted octanol–water partition coefficient (Wildman–Crippen LogP) is 2.30. The topological polar surface area (TPSA) is 68.1 Å². The lowest BCUT2D eigenvalue weighted by Crippen LogP contribution is -2.24. The minimum atomic E-state index is -0.445. The van der Waals surface area contributed by atoms with Crippen molar-refractivity contribution in [3.63, 3.8) is 0 Å². The van der Waals surface area contributed by atoms with E-state index in [9.17, 15) is 10.1 Å². The molecule has 1 saturated heterocycles. The molecule has 1 N–H and O–H groups in total. The number of nitrogens with one attached hydrogen (secondary N) is 1. The van der Waals surface area contributed by atoms with Crippen LogP contribution in [0, 0.1) is 10.1 Å². The van der Waals surface area contributed by atoms with Gasteiger partial charge in [0.1, 0.15) is 11.9 Å². The van der Waals surface area contributed by atoms with Gasteiger partial charge < -0.3 is 15.4 Å². The van der Waals surface area contributed by atoms with E-state index in [1.54, 1.807) is 12.1 Å². The average molecular weight is 239 g/mol. The van der Waals surface area contributed by atoms with Crippen LogP contribution < -0.4 is 5.32 Å². The number of aromatic nitrogens is 1. The highest BCUT2D eigenvalue weighted by molar-refractivity contribution is 7.99. The molecule has 6 heteroatoms. The molecule has 16 heavy (non-hydrogen) atoms. The molecule has 1 aromatic heterocycles. The summed E-state index contributed by atoms with van der Waals surface area (Å²) in [5.41, 5.74) is 0.532. The highest BCUT2D eigenvalue weighted by Gasteiger charge is 2.19. The Labute approximate surface area is 97.8 Å². The molecule has 86 valence electrons. The summed E-state index contributed by atoms with van der Waals surface area (Å²) in [5, 5.41) is 14.0. The normalized spacial score (nSPS) is 17.0. The molecular weight excluding hydrogens is 226 g/mol. The van der Waals surface area contributed by atoms with Gasteiger partial charge in [0.25, 0.3) is 0 Å². The number of hydrogen-bond donors (Lipinski definition) is 1. The molecule has 0 aliphatic carbocycles. The van der Waals surface area contributed by atoms with E-state index >= 15 is 0 Å². The Kier molecular flexibility index (Phi) is 3.61. The van der Waals surface area contributed by atoms with Crippen molar-refractivity contribution in [1.29, 1.82) is 0 Å². The third-order valence-corrected chi connectivity index (χ3v) is 3.59.